The molecule has 3 aromatic rings. The van der Waals surface area contributed by atoms with E-state index in [1.54, 1.807) is 20.8 Å². The molecule has 0 bridgehead atoms. The number of imide groups is 1. The minimum atomic E-state index is -2.07. The number of hydrogen-bond donors (Lipinski definition) is 7. The second-order valence-corrected chi connectivity index (χ2v) is 29.2. The largest absolute Gasteiger partial charge is 0.468 e. The van der Waals surface area contributed by atoms with Crippen LogP contribution in [0.5, 0.6) is 0 Å². The van der Waals surface area contributed by atoms with Crippen LogP contribution in [-0.4, -0.2) is 164 Å². The van der Waals surface area contributed by atoms with Crippen LogP contribution in [0.2, 0.25) is 0 Å². The number of esters is 3. The molecule has 0 aromatic heterocycles. The van der Waals surface area contributed by atoms with Crippen LogP contribution in [0.4, 0.5) is 15.3 Å². The van der Waals surface area contributed by atoms with Gasteiger partial charge in [0.25, 0.3) is 0 Å². The first-order valence-corrected chi connectivity index (χ1v) is 33.6. The highest BCUT2D eigenvalue weighted by molar-refractivity contribution is 6.11. The maximum absolute atomic E-state index is 14.8. The van der Waals surface area contributed by atoms with E-state index >= 15 is 0 Å². The van der Waals surface area contributed by atoms with E-state index in [0.29, 0.717) is 17.7 Å². The first-order valence-electron chi connectivity index (χ1n) is 33.6. The van der Waals surface area contributed by atoms with Crippen molar-refractivity contribution in [3.8, 4) is 11.1 Å². The summed E-state index contributed by atoms with van der Waals surface area (Å²) in [6, 6.07) is 10.6. The summed E-state index contributed by atoms with van der Waals surface area (Å²) < 4.78 is 26.9. The molecule has 0 spiro atoms. The first-order chi connectivity index (χ1) is 47.6. The summed E-state index contributed by atoms with van der Waals surface area (Å²) >= 11 is 0. The topological polar surface area (TPSA) is 421 Å². The third-order valence-corrected chi connectivity index (χ3v) is 15.6. The number of anilines is 1. The molecule has 3 aromatic carbocycles. The van der Waals surface area contributed by atoms with Crippen LogP contribution >= 0.6 is 0 Å². The van der Waals surface area contributed by atoms with E-state index in [9.17, 15) is 72.7 Å². The SMILES string of the molecule is CCCC[C@H](NC(=O)CNC(=O)[C@@H](NC(=O)[C@H](CC(=O)OC(C)(C)C)N=[N+]=[N-])[C@@H](C)OC(=O)[C@H](CC(=O)c1ccccc1N(C=O)C(=O)OC(C)(C)C)NC(=O)OCC1c2ccccc2-c2ccccc21)C(=O)C[C@@H](CC(C)(C)C)C(=O)N[C@H](C)C(=O)N[C@@H](CC(C)(C)C)C(=O)NCC(=O)OC. The van der Waals surface area contributed by atoms with E-state index in [1.165, 1.54) is 52.0 Å². The monoisotopic (exact) mass is 1420 g/mol. The first kappa shape index (κ1) is 84.2. The summed E-state index contributed by atoms with van der Waals surface area (Å²) in [4.78, 5) is 195. The van der Waals surface area contributed by atoms with Gasteiger partial charge in [-0.25, -0.2) is 19.3 Å². The predicted molar refractivity (Wildman–Crippen MR) is 373 cm³/mol. The van der Waals surface area contributed by atoms with Gasteiger partial charge in [-0.1, -0.05) is 127 Å². The number of hydrogen-bond acceptors (Lipinski definition) is 20. The fourth-order valence-corrected chi connectivity index (χ4v) is 11.0. The number of rotatable bonds is 35. The molecule has 1 aliphatic carbocycles. The van der Waals surface area contributed by atoms with Crippen LogP contribution in [0.3, 0.4) is 0 Å². The van der Waals surface area contributed by atoms with E-state index in [1.807, 2.05) is 97.0 Å². The van der Waals surface area contributed by atoms with Crippen LogP contribution in [0, 0.1) is 16.7 Å². The molecule has 556 valence electrons. The molecular formula is C72H99N11O19. The lowest BCUT2D eigenvalue weighted by atomic mass is 9.81. The van der Waals surface area contributed by atoms with Gasteiger partial charge in [0, 0.05) is 35.2 Å². The average Bonchev–Trinajstić information content (AvgIpc) is 1.61. The van der Waals surface area contributed by atoms with E-state index in [2.05, 4.69) is 52.0 Å². The van der Waals surface area contributed by atoms with Gasteiger partial charge in [-0.15, -0.1) is 0 Å². The molecule has 30 heteroatoms. The van der Waals surface area contributed by atoms with Gasteiger partial charge in [-0.05, 0) is 125 Å². The number of unbranched alkanes of at least 4 members (excludes halogenated alkanes) is 1. The number of ketones is 2. The number of amides is 9. The third kappa shape index (κ3) is 27.4. The summed E-state index contributed by atoms with van der Waals surface area (Å²) in [5, 5.41) is 20.8. The molecule has 30 nitrogen and oxygen atoms in total. The van der Waals surface area contributed by atoms with E-state index in [0.717, 1.165) is 36.3 Å². The number of nitrogens with zero attached hydrogens (tertiary/aromatic N) is 4. The minimum Gasteiger partial charge on any atom is -0.468 e. The zero-order chi connectivity index (χ0) is 76.6. The minimum absolute atomic E-state index is 0.0629. The van der Waals surface area contributed by atoms with Gasteiger partial charge in [0.1, 0.15) is 60.7 Å². The van der Waals surface area contributed by atoms with Crippen molar-refractivity contribution >= 4 is 89.2 Å². The zero-order valence-corrected chi connectivity index (χ0v) is 61.0. The standard InChI is InChI=1S/C72H99N11O19/c1-17-18-30-50(56(86)32-43(35-69(4,5)6)62(91)76-41(2)61(90)78-53(36-70(7,8)9)63(92)75-38-59(89)98-16)77-57(87)37-74-65(94)60(80-64(93)51(81-82-73)34-58(88)101-71(10,11)12)42(3)100-66(95)52(33-55(85)48-29-23-24-31-54(48)83(40-84)68(97)102-72(13,14)15)79-67(96)99-39-49-46-27-21-19-25-44(46)45-26-20-22-28-47(45)49/h19-29,31,40-43,49-53,60H,17-18,30,32-39H2,1-16H3,(H,74,94)(H,75,92)(H,76,91)(H,77,87)(H,78,90)(H,79,96)(H,80,93)/t41-,42-,43+,50+,51+,52+,53+,60+/m1/s1. The molecule has 4 rings (SSSR count). The Morgan fingerprint density at radius 2 is 1.20 bits per heavy atom. The van der Waals surface area contributed by atoms with Crippen molar-refractivity contribution in [1.82, 2.24) is 37.2 Å². The second-order valence-electron chi connectivity index (χ2n) is 29.2. The number of methoxy groups -OCH3 is 1. The third-order valence-electron chi connectivity index (χ3n) is 15.6. The van der Waals surface area contributed by atoms with Gasteiger partial charge >= 0.3 is 30.1 Å². The highest BCUT2D eigenvalue weighted by Crippen LogP contribution is 2.44. The summed E-state index contributed by atoms with van der Waals surface area (Å²) in [5.41, 5.74) is 9.20. The Kier molecular flexibility index (Phi) is 31.3. The summed E-state index contributed by atoms with van der Waals surface area (Å²) in [6.45, 7) is 23.0. The maximum Gasteiger partial charge on any atom is 0.421 e. The van der Waals surface area contributed by atoms with Crippen LogP contribution in [0.25, 0.3) is 21.6 Å². The van der Waals surface area contributed by atoms with Crippen LogP contribution in [0.1, 0.15) is 183 Å². The zero-order valence-electron chi connectivity index (χ0n) is 61.0. The summed E-state index contributed by atoms with van der Waals surface area (Å²) in [6.07, 6.45) is -5.13. The van der Waals surface area contributed by atoms with Crippen LogP contribution in [0.15, 0.2) is 77.9 Å². The highest BCUT2D eigenvalue weighted by Gasteiger charge is 2.40. The van der Waals surface area contributed by atoms with Gasteiger partial charge in [-0.2, -0.15) is 0 Å². The molecule has 0 heterocycles. The summed E-state index contributed by atoms with van der Waals surface area (Å²) in [5.74, 6) is -11.8. The van der Waals surface area contributed by atoms with Crippen molar-refractivity contribution in [2.75, 3.05) is 31.7 Å². The van der Waals surface area contributed by atoms with Gasteiger partial charge in [0.15, 0.2) is 11.6 Å². The molecule has 0 fully saturated rings. The molecule has 1 aliphatic rings. The number of azide groups is 1. The Morgan fingerprint density at radius 1 is 0.618 bits per heavy atom. The van der Waals surface area contributed by atoms with E-state index in [4.69, 9.17) is 18.9 Å². The lowest BCUT2D eigenvalue weighted by molar-refractivity contribution is -0.156. The number of carbonyl (C=O) groups is 14. The number of benzene rings is 3. The Morgan fingerprint density at radius 3 is 1.75 bits per heavy atom. The predicted octanol–water partition coefficient (Wildman–Crippen LogP) is 7.41. The van der Waals surface area contributed by atoms with Crippen molar-refractivity contribution in [2.24, 2.45) is 21.9 Å². The summed E-state index contributed by atoms with van der Waals surface area (Å²) in [7, 11) is 1.15. The van der Waals surface area contributed by atoms with Crippen molar-refractivity contribution in [3.63, 3.8) is 0 Å². The van der Waals surface area contributed by atoms with Gasteiger partial charge < -0.3 is 60.9 Å². The van der Waals surface area contributed by atoms with Crippen LogP contribution in [-0.2, 0) is 76.4 Å². The molecule has 8 atom stereocenters. The molecule has 0 saturated heterocycles. The molecule has 0 aliphatic heterocycles. The van der Waals surface area contributed by atoms with Gasteiger partial charge in [0.2, 0.25) is 41.9 Å². The lowest BCUT2D eigenvalue weighted by Crippen LogP contribution is -2.57. The number of alkyl carbamates (subject to hydrolysis) is 1. The van der Waals surface area contributed by atoms with Crippen molar-refractivity contribution < 1.29 is 90.8 Å². The Labute approximate surface area is 594 Å². The number of para-hydroxylation sites is 1. The fourth-order valence-electron chi connectivity index (χ4n) is 11.0. The Bertz CT molecular complexity index is 3550. The molecule has 0 radical (unpaired) electrons. The molecule has 7 N–H and O–H groups in total. The molecular weight excluding hydrogens is 1320 g/mol. The Hall–Kier alpha value is -10.2. The average molecular weight is 1420 g/mol. The van der Waals surface area contributed by atoms with E-state index < -0.39 is 186 Å². The van der Waals surface area contributed by atoms with Gasteiger partial charge in [-0.3, -0.25) is 52.7 Å². The smallest absolute Gasteiger partial charge is 0.421 e. The normalized spacial score (nSPS) is 14.3. The number of nitrogens with one attached hydrogen (secondary N) is 7. The number of carbonyl (C=O) groups excluding carboxylic acids is 14. The highest BCUT2D eigenvalue weighted by atomic mass is 16.6. The quantitative estimate of drug-likeness (QED) is 0.00573. The molecule has 102 heavy (non-hydrogen) atoms. The molecule has 0 saturated carbocycles. The lowest BCUT2D eigenvalue weighted by Gasteiger charge is -2.29. The maximum atomic E-state index is 14.8. The second kappa shape index (κ2) is 38.0. The number of Topliss-reactive ketones (excluding diaryl/α,β-unsaturated/α-hetero) is 2. The van der Waals surface area contributed by atoms with Crippen LogP contribution < -0.4 is 42.1 Å². The van der Waals surface area contributed by atoms with Gasteiger partial charge in [0.05, 0.1) is 31.8 Å². The molecule has 9 amide bonds. The number of fused-ring (bicyclic) bond motifs is 3. The Balaban J connectivity index is 1.67. The molecule has 0 unspecified atom stereocenters. The fraction of sp³-hybridized carbons (Fsp3) is 0.556. The van der Waals surface area contributed by atoms with Crippen molar-refractivity contribution in [2.45, 2.75) is 215 Å². The number of ether oxygens (including phenoxy) is 5. The van der Waals surface area contributed by atoms with Crippen molar-refractivity contribution in [3.05, 3.63) is 99.9 Å². The van der Waals surface area contributed by atoms with Crippen molar-refractivity contribution in [1.29, 1.82) is 0 Å². The van der Waals surface area contributed by atoms with E-state index in [-0.39, 0.29) is 43.5 Å².